The number of anilines is 1. The standard InChI is InChI=1S/C20H23N.C7H7NO3/c1-21(2)15-7-12-20-18-10-5-3-8-16(18)13-14-17-9-4-6-11-19(17)20;8-5-3-1-2-4(6(5)9)7(10)11/h3-6,8-12H,7,13-15H2,1-2H3;1-3,9H,8H2,(H,10,11). The average Bonchev–Trinajstić information content (AvgIpc) is 2.93. The Hall–Kier alpha value is -3.57. The summed E-state index contributed by atoms with van der Waals surface area (Å²) in [5.41, 5.74) is 12.3. The van der Waals surface area contributed by atoms with Crippen LogP contribution in [0.25, 0.3) is 5.57 Å². The first kappa shape index (κ1) is 23.1. The van der Waals surface area contributed by atoms with Crippen LogP contribution in [0, 0.1) is 0 Å². The smallest absolute Gasteiger partial charge is 0.339 e. The molecule has 0 unspecified atom stereocenters. The van der Waals surface area contributed by atoms with E-state index in [0.717, 1.165) is 25.8 Å². The van der Waals surface area contributed by atoms with E-state index >= 15 is 0 Å². The maximum absolute atomic E-state index is 10.4. The third-order valence-electron chi connectivity index (χ3n) is 5.50. The molecule has 1 aliphatic rings. The largest absolute Gasteiger partial charge is 0.505 e. The van der Waals surface area contributed by atoms with Gasteiger partial charge in [0, 0.05) is 6.54 Å². The fraction of sp³-hybridized carbons (Fsp3) is 0.222. The van der Waals surface area contributed by atoms with E-state index in [1.165, 1.54) is 46.0 Å². The summed E-state index contributed by atoms with van der Waals surface area (Å²) in [5, 5.41) is 17.5. The highest BCUT2D eigenvalue weighted by atomic mass is 16.4. The first-order chi connectivity index (χ1) is 15.4. The lowest BCUT2D eigenvalue weighted by molar-refractivity contribution is 0.0694. The predicted molar refractivity (Wildman–Crippen MR) is 130 cm³/mol. The summed E-state index contributed by atoms with van der Waals surface area (Å²) >= 11 is 0. The van der Waals surface area contributed by atoms with E-state index in [1.54, 1.807) is 0 Å². The first-order valence-corrected chi connectivity index (χ1v) is 10.7. The first-order valence-electron chi connectivity index (χ1n) is 10.7. The number of fused-ring (bicyclic) bond motifs is 2. The molecule has 0 bridgehead atoms. The minimum Gasteiger partial charge on any atom is -0.505 e. The summed E-state index contributed by atoms with van der Waals surface area (Å²) < 4.78 is 0. The number of aromatic hydroxyl groups is 1. The Labute approximate surface area is 189 Å². The van der Waals surface area contributed by atoms with Crippen LogP contribution in [0.5, 0.6) is 5.75 Å². The number of carbonyl (C=O) groups is 1. The lowest BCUT2D eigenvalue weighted by Gasteiger charge is -2.13. The number of nitrogens with zero attached hydrogens (tertiary/aromatic N) is 1. The molecule has 0 fully saturated rings. The van der Waals surface area contributed by atoms with Crippen LogP contribution in [0.4, 0.5) is 5.69 Å². The Bertz CT molecular complexity index is 1070. The maximum atomic E-state index is 10.4. The Balaban J connectivity index is 0.000000222. The molecule has 4 N–H and O–H groups in total. The third-order valence-corrected chi connectivity index (χ3v) is 5.50. The number of carboxylic acid groups (broad SMARTS) is 1. The van der Waals surface area contributed by atoms with Gasteiger partial charge in [0.15, 0.2) is 5.75 Å². The lowest BCUT2D eigenvalue weighted by Crippen LogP contribution is -2.12. The second kappa shape index (κ2) is 10.6. The molecule has 5 heteroatoms. The highest BCUT2D eigenvalue weighted by molar-refractivity contribution is 5.92. The normalized spacial score (nSPS) is 12.2. The van der Waals surface area contributed by atoms with Crippen LogP contribution in [0.1, 0.15) is 39.0 Å². The van der Waals surface area contributed by atoms with Gasteiger partial charge in [0.25, 0.3) is 0 Å². The SMILES string of the molecule is CN(C)CCC=C1c2ccccc2CCc2ccccc21.Nc1cccc(C(=O)O)c1O. The topological polar surface area (TPSA) is 86.8 Å². The summed E-state index contributed by atoms with van der Waals surface area (Å²) in [5.74, 6) is -1.56. The van der Waals surface area contributed by atoms with Gasteiger partial charge in [-0.25, -0.2) is 4.79 Å². The molecule has 0 spiro atoms. The monoisotopic (exact) mass is 430 g/mol. The number of aromatic carboxylic acids is 1. The van der Waals surface area contributed by atoms with E-state index in [-0.39, 0.29) is 17.0 Å². The summed E-state index contributed by atoms with van der Waals surface area (Å²) in [7, 11) is 4.26. The van der Waals surface area contributed by atoms with Gasteiger partial charge in [-0.1, -0.05) is 60.7 Å². The predicted octanol–water partition coefficient (Wildman–Crippen LogP) is 4.84. The molecular formula is C27H30N2O3. The van der Waals surface area contributed by atoms with Crippen LogP contribution in [-0.4, -0.2) is 41.7 Å². The molecule has 1 aliphatic carbocycles. The molecule has 3 aromatic rings. The average molecular weight is 431 g/mol. The van der Waals surface area contributed by atoms with Crippen molar-refractivity contribution in [1.82, 2.24) is 4.90 Å². The van der Waals surface area contributed by atoms with Crippen molar-refractivity contribution in [3.8, 4) is 5.75 Å². The lowest BCUT2D eigenvalue weighted by atomic mass is 9.93. The number of hydrogen-bond acceptors (Lipinski definition) is 4. The molecule has 0 aromatic heterocycles. The number of aryl methyl sites for hydroxylation is 2. The molecule has 0 radical (unpaired) electrons. The Kier molecular flexibility index (Phi) is 7.68. The highest BCUT2D eigenvalue weighted by Crippen LogP contribution is 2.33. The Morgan fingerprint density at radius 2 is 1.50 bits per heavy atom. The van der Waals surface area contributed by atoms with Gasteiger partial charge in [-0.05, 0) is 73.3 Å². The van der Waals surface area contributed by atoms with Crippen LogP contribution < -0.4 is 5.73 Å². The van der Waals surface area contributed by atoms with E-state index in [2.05, 4.69) is 73.6 Å². The quantitative estimate of drug-likeness (QED) is 0.407. The van der Waals surface area contributed by atoms with E-state index in [0.29, 0.717) is 0 Å². The van der Waals surface area contributed by atoms with Gasteiger partial charge in [-0.3, -0.25) is 0 Å². The summed E-state index contributed by atoms with van der Waals surface area (Å²) in [6, 6.07) is 21.9. The van der Waals surface area contributed by atoms with E-state index < -0.39 is 5.97 Å². The van der Waals surface area contributed by atoms with Crippen molar-refractivity contribution >= 4 is 17.2 Å². The highest BCUT2D eigenvalue weighted by Gasteiger charge is 2.17. The van der Waals surface area contributed by atoms with Crippen molar-refractivity contribution in [3.63, 3.8) is 0 Å². The molecule has 0 saturated carbocycles. The van der Waals surface area contributed by atoms with Gasteiger partial charge in [-0.2, -0.15) is 0 Å². The Morgan fingerprint density at radius 1 is 0.938 bits per heavy atom. The third kappa shape index (κ3) is 5.56. The zero-order chi connectivity index (χ0) is 23.1. The summed E-state index contributed by atoms with van der Waals surface area (Å²) in [4.78, 5) is 12.6. The number of nitrogens with two attached hydrogens (primary N) is 1. The number of benzene rings is 3. The Morgan fingerprint density at radius 3 is 2.00 bits per heavy atom. The minimum absolute atomic E-state index is 0.0740. The van der Waals surface area contributed by atoms with Gasteiger partial charge < -0.3 is 20.8 Å². The molecule has 166 valence electrons. The van der Waals surface area contributed by atoms with Gasteiger partial charge in [0.2, 0.25) is 0 Å². The molecule has 0 amide bonds. The van der Waals surface area contributed by atoms with Gasteiger partial charge in [0.05, 0.1) is 5.69 Å². The summed E-state index contributed by atoms with van der Waals surface area (Å²) in [6.45, 7) is 1.09. The van der Waals surface area contributed by atoms with Gasteiger partial charge in [0.1, 0.15) is 5.56 Å². The number of carboxylic acids is 1. The number of rotatable bonds is 4. The van der Waals surface area contributed by atoms with Crippen molar-refractivity contribution in [3.05, 3.63) is 101 Å². The van der Waals surface area contributed by atoms with E-state index in [1.807, 2.05) is 0 Å². The fourth-order valence-corrected chi connectivity index (χ4v) is 3.84. The maximum Gasteiger partial charge on any atom is 0.339 e. The van der Waals surface area contributed by atoms with Crippen LogP contribution in [-0.2, 0) is 12.8 Å². The van der Waals surface area contributed by atoms with Crippen LogP contribution in [0.3, 0.4) is 0 Å². The number of para-hydroxylation sites is 1. The van der Waals surface area contributed by atoms with Gasteiger partial charge >= 0.3 is 5.97 Å². The van der Waals surface area contributed by atoms with Crippen molar-refractivity contribution in [2.45, 2.75) is 19.3 Å². The number of phenols is 1. The fourth-order valence-electron chi connectivity index (χ4n) is 3.84. The van der Waals surface area contributed by atoms with Crippen LogP contribution in [0.15, 0.2) is 72.8 Å². The molecule has 0 atom stereocenters. The molecular weight excluding hydrogens is 400 g/mol. The zero-order valence-electron chi connectivity index (χ0n) is 18.6. The van der Waals surface area contributed by atoms with Crippen LogP contribution in [0.2, 0.25) is 0 Å². The second-order valence-electron chi connectivity index (χ2n) is 8.07. The summed E-state index contributed by atoms with van der Waals surface area (Å²) in [6.07, 6.45) is 5.78. The van der Waals surface area contributed by atoms with Crippen molar-refractivity contribution in [2.75, 3.05) is 26.4 Å². The van der Waals surface area contributed by atoms with E-state index in [4.69, 9.17) is 15.9 Å². The van der Waals surface area contributed by atoms with Crippen molar-refractivity contribution < 1.29 is 15.0 Å². The van der Waals surface area contributed by atoms with Crippen molar-refractivity contribution in [2.24, 2.45) is 0 Å². The number of hydrogen-bond donors (Lipinski definition) is 3. The van der Waals surface area contributed by atoms with Crippen molar-refractivity contribution in [1.29, 1.82) is 0 Å². The zero-order valence-corrected chi connectivity index (χ0v) is 18.6. The van der Waals surface area contributed by atoms with Gasteiger partial charge in [-0.15, -0.1) is 0 Å². The van der Waals surface area contributed by atoms with E-state index in [9.17, 15) is 4.79 Å². The van der Waals surface area contributed by atoms with Crippen LogP contribution >= 0.6 is 0 Å². The molecule has 32 heavy (non-hydrogen) atoms. The molecule has 5 nitrogen and oxygen atoms in total. The molecule has 4 rings (SSSR count). The minimum atomic E-state index is -1.19. The molecule has 0 heterocycles. The second-order valence-corrected chi connectivity index (χ2v) is 8.07. The molecule has 0 saturated heterocycles. The molecule has 3 aromatic carbocycles. The molecule has 0 aliphatic heterocycles. The number of nitrogen functional groups attached to an aromatic ring is 1.